The van der Waals surface area contributed by atoms with Gasteiger partial charge in [0.1, 0.15) is 0 Å². The van der Waals surface area contributed by atoms with Crippen LogP contribution in [0.1, 0.15) is 45.1 Å². The van der Waals surface area contributed by atoms with Gasteiger partial charge in [-0.15, -0.1) is 0 Å². The highest BCUT2D eigenvalue weighted by Gasteiger charge is 2.25. The van der Waals surface area contributed by atoms with Crippen LogP contribution in [0.15, 0.2) is 30.3 Å². The normalized spacial score (nSPS) is 22.1. The van der Waals surface area contributed by atoms with E-state index < -0.39 is 12.1 Å². The van der Waals surface area contributed by atoms with Crippen LogP contribution < -0.4 is 5.32 Å². The summed E-state index contributed by atoms with van der Waals surface area (Å²) in [5.74, 6) is -0.304. The largest absolute Gasteiger partial charge is 0.449 e. The second-order valence-corrected chi connectivity index (χ2v) is 6.78. The van der Waals surface area contributed by atoms with Gasteiger partial charge in [-0.05, 0) is 49.5 Å². The van der Waals surface area contributed by atoms with Crippen molar-refractivity contribution in [1.29, 1.82) is 0 Å². The summed E-state index contributed by atoms with van der Waals surface area (Å²) in [6, 6.07) is 7.26. The van der Waals surface area contributed by atoms with E-state index in [-0.39, 0.29) is 11.9 Å². The van der Waals surface area contributed by atoms with Crippen molar-refractivity contribution >= 4 is 29.6 Å². The van der Waals surface area contributed by atoms with Crippen LogP contribution in [0.2, 0.25) is 5.02 Å². The van der Waals surface area contributed by atoms with Gasteiger partial charge in [0.05, 0.1) is 0 Å². The first-order valence-corrected chi connectivity index (χ1v) is 8.78. The topological polar surface area (TPSA) is 55.4 Å². The van der Waals surface area contributed by atoms with Crippen LogP contribution in [-0.2, 0) is 14.3 Å². The molecule has 0 bridgehead atoms. The summed E-state index contributed by atoms with van der Waals surface area (Å²) < 4.78 is 5.17. The number of hydrogen-bond acceptors (Lipinski definition) is 3. The summed E-state index contributed by atoms with van der Waals surface area (Å²) in [6.45, 7) is 3.74. The molecule has 1 N–H and O–H groups in total. The Hall–Kier alpha value is -1.81. The summed E-state index contributed by atoms with van der Waals surface area (Å²) in [6.07, 6.45) is 6.61. The molecule has 3 unspecified atom stereocenters. The average Bonchev–Trinajstić information content (AvgIpc) is 2.56. The molecule has 1 aromatic carbocycles. The molecule has 0 saturated heterocycles. The third kappa shape index (κ3) is 5.68. The third-order valence-electron chi connectivity index (χ3n) is 4.38. The number of halogens is 1. The Labute approximate surface area is 148 Å². The molecular formula is C19H24ClNO3. The Bertz CT molecular complexity index is 597. The van der Waals surface area contributed by atoms with Crippen molar-refractivity contribution in [3.8, 4) is 0 Å². The molecule has 24 heavy (non-hydrogen) atoms. The Kier molecular flexibility index (Phi) is 6.85. The molecule has 1 aromatic rings. The predicted octanol–water partition coefficient (Wildman–Crippen LogP) is 3.98. The molecule has 5 heteroatoms. The van der Waals surface area contributed by atoms with E-state index in [9.17, 15) is 9.59 Å². The number of carbonyl (C=O) groups excluding carboxylic acids is 2. The van der Waals surface area contributed by atoms with Crippen molar-refractivity contribution in [1.82, 2.24) is 5.32 Å². The number of ether oxygens (including phenoxy) is 1. The van der Waals surface area contributed by atoms with Gasteiger partial charge in [0.25, 0.3) is 5.91 Å². The van der Waals surface area contributed by atoms with Crippen LogP contribution >= 0.6 is 11.6 Å². The summed E-state index contributed by atoms with van der Waals surface area (Å²) in [5.41, 5.74) is 0.837. The van der Waals surface area contributed by atoms with Gasteiger partial charge in [-0.25, -0.2) is 4.79 Å². The molecule has 0 aliphatic heterocycles. The lowest BCUT2D eigenvalue weighted by Gasteiger charge is -2.30. The smallest absolute Gasteiger partial charge is 0.331 e. The molecule has 1 fully saturated rings. The van der Waals surface area contributed by atoms with E-state index in [1.54, 1.807) is 37.3 Å². The Morgan fingerprint density at radius 2 is 1.92 bits per heavy atom. The molecular weight excluding hydrogens is 326 g/mol. The average molecular weight is 350 g/mol. The first-order valence-electron chi connectivity index (χ1n) is 8.40. The number of carbonyl (C=O) groups is 2. The highest BCUT2D eigenvalue weighted by atomic mass is 35.5. The minimum Gasteiger partial charge on any atom is -0.449 e. The molecule has 1 saturated carbocycles. The van der Waals surface area contributed by atoms with Crippen molar-refractivity contribution in [2.24, 2.45) is 5.92 Å². The Balaban J connectivity index is 1.81. The van der Waals surface area contributed by atoms with Crippen molar-refractivity contribution in [3.63, 3.8) is 0 Å². The molecule has 2 rings (SSSR count). The van der Waals surface area contributed by atoms with Crippen LogP contribution in [-0.4, -0.2) is 24.0 Å². The van der Waals surface area contributed by atoms with Crippen molar-refractivity contribution < 1.29 is 14.3 Å². The number of esters is 1. The molecule has 1 amide bonds. The van der Waals surface area contributed by atoms with E-state index in [1.807, 2.05) is 0 Å². The van der Waals surface area contributed by atoms with E-state index in [0.29, 0.717) is 10.9 Å². The van der Waals surface area contributed by atoms with E-state index in [1.165, 1.54) is 12.5 Å². The van der Waals surface area contributed by atoms with Crippen LogP contribution in [0, 0.1) is 5.92 Å². The maximum atomic E-state index is 12.2. The summed E-state index contributed by atoms with van der Waals surface area (Å²) in [4.78, 5) is 24.0. The van der Waals surface area contributed by atoms with E-state index in [0.717, 1.165) is 24.8 Å². The molecule has 0 aromatic heterocycles. The lowest BCUT2D eigenvalue weighted by atomic mass is 9.86. The quantitative estimate of drug-likeness (QED) is 0.646. The van der Waals surface area contributed by atoms with Gasteiger partial charge in [0.15, 0.2) is 6.10 Å². The van der Waals surface area contributed by atoms with Crippen LogP contribution in [0.4, 0.5) is 0 Å². The van der Waals surface area contributed by atoms with Gasteiger partial charge >= 0.3 is 5.97 Å². The molecule has 1 aliphatic rings. The fourth-order valence-corrected chi connectivity index (χ4v) is 2.96. The molecule has 0 spiro atoms. The minimum absolute atomic E-state index is 0.178. The van der Waals surface area contributed by atoms with Gasteiger partial charge in [0, 0.05) is 17.1 Å². The number of amides is 1. The fourth-order valence-electron chi connectivity index (χ4n) is 2.84. The summed E-state index contributed by atoms with van der Waals surface area (Å²) in [5, 5.41) is 3.63. The molecule has 0 radical (unpaired) electrons. The first-order chi connectivity index (χ1) is 11.5. The number of hydrogen-bond donors (Lipinski definition) is 1. The van der Waals surface area contributed by atoms with E-state index in [4.69, 9.17) is 16.3 Å². The van der Waals surface area contributed by atoms with Crippen molar-refractivity contribution in [2.45, 2.75) is 51.7 Å². The molecule has 4 nitrogen and oxygen atoms in total. The lowest BCUT2D eigenvalue weighted by molar-refractivity contribution is -0.150. The second-order valence-electron chi connectivity index (χ2n) is 6.34. The highest BCUT2D eigenvalue weighted by molar-refractivity contribution is 6.30. The molecule has 1 aliphatic carbocycles. The number of benzene rings is 1. The SMILES string of the molecule is CC(OC(=O)C=Cc1ccc(Cl)cc1)C(=O)NC1CCCCC1C. The fraction of sp³-hybridized carbons (Fsp3) is 0.474. The first kappa shape index (κ1) is 18.5. The summed E-state index contributed by atoms with van der Waals surface area (Å²) in [7, 11) is 0. The van der Waals surface area contributed by atoms with Crippen LogP contribution in [0.25, 0.3) is 6.08 Å². The van der Waals surface area contributed by atoms with Crippen LogP contribution in [0.5, 0.6) is 0 Å². The predicted molar refractivity (Wildman–Crippen MR) is 95.6 cm³/mol. The maximum absolute atomic E-state index is 12.2. The monoisotopic (exact) mass is 349 g/mol. The van der Waals surface area contributed by atoms with Gasteiger partial charge < -0.3 is 10.1 Å². The standard InChI is InChI=1S/C19H24ClNO3/c1-13-5-3-4-6-17(13)21-19(23)14(2)24-18(22)12-9-15-7-10-16(20)11-8-15/h7-14,17H,3-6H2,1-2H3,(H,21,23). The molecule has 0 heterocycles. The van der Waals surface area contributed by atoms with Crippen molar-refractivity contribution in [3.05, 3.63) is 40.9 Å². The molecule has 130 valence electrons. The zero-order chi connectivity index (χ0) is 17.5. The highest BCUT2D eigenvalue weighted by Crippen LogP contribution is 2.23. The zero-order valence-corrected chi connectivity index (χ0v) is 14.9. The van der Waals surface area contributed by atoms with E-state index in [2.05, 4.69) is 12.2 Å². The number of nitrogens with one attached hydrogen (secondary N) is 1. The lowest BCUT2D eigenvalue weighted by Crippen LogP contribution is -2.45. The number of rotatable bonds is 5. The van der Waals surface area contributed by atoms with Gasteiger partial charge in [-0.1, -0.05) is 43.5 Å². The second kappa shape index (κ2) is 8.88. The Morgan fingerprint density at radius 1 is 1.25 bits per heavy atom. The Morgan fingerprint density at radius 3 is 2.58 bits per heavy atom. The van der Waals surface area contributed by atoms with E-state index >= 15 is 0 Å². The van der Waals surface area contributed by atoms with Crippen molar-refractivity contribution in [2.75, 3.05) is 0 Å². The van der Waals surface area contributed by atoms with Gasteiger partial charge in [0.2, 0.25) is 0 Å². The summed E-state index contributed by atoms with van der Waals surface area (Å²) >= 11 is 5.81. The van der Waals surface area contributed by atoms with Gasteiger partial charge in [-0.3, -0.25) is 4.79 Å². The third-order valence-corrected chi connectivity index (χ3v) is 4.64. The maximum Gasteiger partial charge on any atom is 0.331 e. The minimum atomic E-state index is -0.804. The zero-order valence-electron chi connectivity index (χ0n) is 14.1. The van der Waals surface area contributed by atoms with Gasteiger partial charge in [-0.2, -0.15) is 0 Å². The van der Waals surface area contributed by atoms with Crippen LogP contribution in [0.3, 0.4) is 0 Å². The molecule has 3 atom stereocenters.